The van der Waals surface area contributed by atoms with E-state index >= 15 is 0 Å². The fourth-order valence-corrected chi connectivity index (χ4v) is 3.27. The summed E-state index contributed by atoms with van der Waals surface area (Å²) in [6.07, 6.45) is 1.38. The molecular weight excluding hydrogens is 420 g/mol. The number of phenols is 2. The summed E-state index contributed by atoms with van der Waals surface area (Å²) < 4.78 is 5.64. The van der Waals surface area contributed by atoms with Gasteiger partial charge in [-0.2, -0.15) is 5.10 Å². The van der Waals surface area contributed by atoms with Crippen molar-refractivity contribution in [3.8, 4) is 17.2 Å². The van der Waals surface area contributed by atoms with E-state index in [0.29, 0.717) is 11.1 Å². The number of nitrogens with one attached hydrogen (secondary N) is 1. The van der Waals surface area contributed by atoms with Crippen molar-refractivity contribution in [3.05, 3.63) is 101 Å². The highest BCUT2D eigenvalue weighted by atomic mass is 16.5. The molecule has 1 amide bonds. The number of fused-ring (bicyclic) bond motifs is 1. The smallest absolute Gasteiger partial charge is 0.343 e. The lowest BCUT2D eigenvalue weighted by atomic mass is 10.0. The van der Waals surface area contributed by atoms with E-state index in [0.717, 1.165) is 22.4 Å². The van der Waals surface area contributed by atoms with Crippen LogP contribution in [0, 0.1) is 6.92 Å². The molecule has 4 rings (SSSR count). The van der Waals surface area contributed by atoms with Crippen molar-refractivity contribution in [2.24, 2.45) is 5.10 Å². The molecule has 0 aliphatic carbocycles. The molecule has 7 heteroatoms. The molecule has 0 aromatic heterocycles. The number of carbonyl (C=O) groups is 2. The van der Waals surface area contributed by atoms with Gasteiger partial charge < -0.3 is 14.9 Å². The van der Waals surface area contributed by atoms with Crippen LogP contribution < -0.4 is 10.2 Å². The summed E-state index contributed by atoms with van der Waals surface area (Å²) in [5.41, 5.74) is 4.23. The lowest BCUT2D eigenvalue weighted by molar-refractivity contribution is 0.0734. The molecule has 0 saturated heterocycles. The Morgan fingerprint density at radius 1 is 0.939 bits per heavy atom. The van der Waals surface area contributed by atoms with Crippen molar-refractivity contribution in [1.82, 2.24) is 5.43 Å². The zero-order valence-corrected chi connectivity index (χ0v) is 17.6. The van der Waals surface area contributed by atoms with Crippen LogP contribution in [0.4, 0.5) is 0 Å². The maximum absolute atomic E-state index is 12.7. The van der Waals surface area contributed by atoms with E-state index in [1.54, 1.807) is 18.2 Å². The molecule has 0 unspecified atom stereocenters. The van der Waals surface area contributed by atoms with Crippen LogP contribution in [0.15, 0.2) is 84.0 Å². The lowest BCUT2D eigenvalue weighted by Crippen LogP contribution is -2.18. The maximum Gasteiger partial charge on any atom is 0.343 e. The van der Waals surface area contributed by atoms with E-state index in [1.807, 2.05) is 49.4 Å². The van der Waals surface area contributed by atoms with Gasteiger partial charge >= 0.3 is 5.97 Å². The number of carbonyl (C=O) groups excluding carboxylic acids is 2. The quantitative estimate of drug-likeness (QED) is 0.183. The molecule has 3 N–H and O–H groups in total. The SMILES string of the molecule is Cc1ccc(C(=O)Oc2ccc3ccccc3c2C=NNC(=O)c2ccc(O)cc2O)cc1. The molecule has 0 aliphatic rings. The number of aromatic hydroxyl groups is 2. The minimum atomic E-state index is -0.665. The monoisotopic (exact) mass is 440 g/mol. The minimum absolute atomic E-state index is 0.0473. The van der Waals surface area contributed by atoms with Gasteiger partial charge in [-0.15, -0.1) is 0 Å². The topological polar surface area (TPSA) is 108 Å². The van der Waals surface area contributed by atoms with Crippen molar-refractivity contribution in [3.63, 3.8) is 0 Å². The fraction of sp³-hybridized carbons (Fsp3) is 0.0385. The number of benzene rings is 4. The number of hydrogen-bond donors (Lipinski definition) is 3. The predicted molar refractivity (Wildman–Crippen MR) is 125 cm³/mol. The van der Waals surface area contributed by atoms with Gasteiger partial charge in [-0.25, -0.2) is 10.2 Å². The summed E-state index contributed by atoms with van der Waals surface area (Å²) in [5.74, 6) is -1.44. The summed E-state index contributed by atoms with van der Waals surface area (Å²) in [5, 5.41) is 24.9. The lowest BCUT2D eigenvalue weighted by Gasteiger charge is -2.11. The van der Waals surface area contributed by atoms with Crippen molar-refractivity contribution >= 4 is 28.9 Å². The van der Waals surface area contributed by atoms with Crippen LogP contribution in [0.3, 0.4) is 0 Å². The molecule has 4 aromatic carbocycles. The Labute approximate surface area is 189 Å². The van der Waals surface area contributed by atoms with Crippen molar-refractivity contribution in [2.45, 2.75) is 6.92 Å². The van der Waals surface area contributed by atoms with E-state index in [9.17, 15) is 19.8 Å². The van der Waals surface area contributed by atoms with Crippen molar-refractivity contribution in [2.75, 3.05) is 0 Å². The number of phenolic OH excluding ortho intramolecular Hbond substituents is 2. The van der Waals surface area contributed by atoms with Crippen LogP contribution in [-0.4, -0.2) is 28.3 Å². The Hall–Kier alpha value is -4.65. The van der Waals surface area contributed by atoms with Crippen LogP contribution >= 0.6 is 0 Å². The summed E-state index contributed by atoms with van der Waals surface area (Å²) in [7, 11) is 0. The van der Waals surface area contributed by atoms with Gasteiger partial charge in [-0.05, 0) is 48.0 Å². The van der Waals surface area contributed by atoms with Gasteiger partial charge in [0.05, 0.1) is 17.3 Å². The first-order valence-corrected chi connectivity index (χ1v) is 10.1. The van der Waals surface area contributed by atoms with Gasteiger partial charge in [0.15, 0.2) is 0 Å². The minimum Gasteiger partial charge on any atom is -0.508 e. The molecule has 164 valence electrons. The molecule has 0 atom stereocenters. The number of esters is 1. The molecule has 0 bridgehead atoms. The van der Waals surface area contributed by atoms with Crippen LogP contribution in [0.1, 0.15) is 31.8 Å². The predicted octanol–water partition coefficient (Wildman–Crippen LogP) is 4.54. The first-order chi connectivity index (χ1) is 15.9. The third-order valence-electron chi connectivity index (χ3n) is 5.01. The number of aryl methyl sites for hydroxylation is 1. The fourth-order valence-electron chi connectivity index (χ4n) is 3.27. The average molecular weight is 440 g/mol. The Balaban J connectivity index is 1.63. The second-order valence-electron chi connectivity index (χ2n) is 7.35. The molecule has 4 aromatic rings. The molecule has 0 saturated carbocycles. The second kappa shape index (κ2) is 9.23. The first kappa shape index (κ1) is 21.6. The molecule has 0 spiro atoms. The largest absolute Gasteiger partial charge is 0.508 e. The highest BCUT2D eigenvalue weighted by Gasteiger charge is 2.14. The number of hydrazone groups is 1. The summed E-state index contributed by atoms with van der Waals surface area (Å²) >= 11 is 0. The Bertz CT molecular complexity index is 1380. The summed E-state index contributed by atoms with van der Waals surface area (Å²) in [4.78, 5) is 25.0. The van der Waals surface area contributed by atoms with E-state index in [4.69, 9.17) is 4.74 Å². The zero-order valence-electron chi connectivity index (χ0n) is 17.6. The second-order valence-corrected chi connectivity index (χ2v) is 7.35. The van der Waals surface area contributed by atoms with Crippen molar-refractivity contribution < 1.29 is 24.5 Å². The Kier molecular flexibility index (Phi) is 6.04. The molecule has 7 nitrogen and oxygen atoms in total. The molecule has 33 heavy (non-hydrogen) atoms. The molecule has 0 fully saturated rings. The van der Waals surface area contributed by atoms with E-state index < -0.39 is 11.9 Å². The van der Waals surface area contributed by atoms with E-state index in [1.165, 1.54) is 18.3 Å². The number of hydrogen-bond acceptors (Lipinski definition) is 6. The average Bonchev–Trinajstić information content (AvgIpc) is 2.80. The van der Waals surface area contributed by atoms with Crippen LogP contribution in [0.2, 0.25) is 0 Å². The number of rotatable bonds is 5. The number of ether oxygens (including phenoxy) is 1. The van der Waals surface area contributed by atoms with Gasteiger partial charge in [0.2, 0.25) is 0 Å². The number of nitrogens with zero attached hydrogens (tertiary/aromatic N) is 1. The maximum atomic E-state index is 12.7. The highest BCUT2D eigenvalue weighted by Crippen LogP contribution is 2.28. The van der Waals surface area contributed by atoms with Gasteiger partial charge in [0.1, 0.15) is 17.2 Å². The van der Waals surface area contributed by atoms with Gasteiger partial charge in [-0.1, -0.05) is 48.0 Å². The highest BCUT2D eigenvalue weighted by molar-refractivity contribution is 6.04. The van der Waals surface area contributed by atoms with Crippen LogP contribution in [0.5, 0.6) is 17.2 Å². The van der Waals surface area contributed by atoms with Crippen LogP contribution in [0.25, 0.3) is 10.8 Å². The third kappa shape index (κ3) is 4.83. The Morgan fingerprint density at radius 3 is 2.45 bits per heavy atom. The molecule has 0 radical (unpaired) electrons. The molecule has 0 aliphatic heterocycles. The van der Waals surface area contributed by atoms with Gasteiger partial charge in [-0.3, -0.25) is 4.79 Å². The van der Waals surface area contributed by atoms with Crippen molar-refractivity contribution in [1.29, 1.82) is 0 Å². The molecular formula is C26H20N2O5. The zero-order chi connectivity index (χ0) is 23.4. The third-order valence-corrected chi connectivity index (χ3v) is 5.01. The normalized spacial score (nSPS) is 10.9. The summed E-state index contributed by atoms with van der Waals surface area (Å²) in [6.45, 7) is 1.93. The summed E-state index contributed by atoms with van der Waals surface area (Å²) in [6, 6.07) is 21.7. The standard InChI is InChI=1S/C26H20N2O5/c1-16-6-8-18(9-7-16)26(32)33-24-13-10-17-4-2-3-5-20(17)22(24)15-27-28-25(31)21-12-11-19(29)14-23(21)30/h2-15,29-30H,1H3,(H,28,31). The molecule has 0 heterocycles. The number of amides is 1. The van der Waals surface area contributed by atoms with E-state index in [2.05, 4.69) is 10.5 Å². The van der Waals surface area contributed by atoms with Crippen LogP contribution in [-0.2, 0) is 0 Å². The first-order valence-electron chi connectivity index (χ1n) is 10.1. The van der Waals surface area contributed by atoms with Gasteiger partial charge in [0, 0.05) is 11.6 Å². The van der Waals surface area contributed by atoms with Gasteiger partial charge in [0.25, 0.3) is 5.91 Å². The Morgan fingerprint density at radius 2 is 1.70 bits per heavy atom. The van der Waals surface area contributed by atoms with E-state index in [-0.39, 0.29) is 22.8 Å².